The van der Waals surface area contributed by atoms with Crippen LogP contribution < -0.4 is 0 Å². The molecule has 0 N–H and O–H groups in total. The lowest BCUT2D eigenvalue weighted by molar-refractivity contribution is -0.154. The van der Waals surface area contributed by atoms with Crippen LogP contribution >= 0.6 is 0 Å². The summed E-state index contributed by atoms with van der Waals surface area (Å²) in [4.78, 5) is 10.9. The summed E-state index contributed by atoms with van der Waals surface area (Å²) >= 11 is 0. The molecule has 4 nitrogen and oxygen atoms in total. The number of hydrogen-bond acceptors (Lipinski definition) is 4. The zero-order valence-corrected chi connectivity index (χ0v) is 8.67. The third kappa shape index (κ3) is 2.26. The van der Waals surface area contributed by atoms with E-state index in [2.05, 4.69) is 18.2 Å². The minimum Gasteiger partial charge on any atom is -0.486 e. The van der Waals surface area contributed by atoms with Crippen LogP contribution in [0, 0.1) is 5.41 Å². The number of methoxy groups -OCH3 is 1. The maximum absolute atomic E-state index is 10.9. The van der Waals surface area contributed by atoms with Gasteiger partial charge >= 0.3 is 5.97 Å². The molecule has 0 amide bonds. The van der Waals surface area contributed by atoms with Crippen molar-refractivity contribution in [1.82, 2.24) is 0 Å². The molecule has 0 aliphatic carbocycles. The van der Waals surface area contributed by atoms with E-state index >= 15 is 0 Å². The van der Waals surface area contributed by atoms with Crippen LogP contribution in [0.3, 0.4) is 0 Å². The zero-order valence-electron chi connectivity index (χ0n) is 8.67. The van der Waals surface area contributed by atoms with Crippen molar-refractivity contribution in [1.29, 1.82) is 0 Å². The number of esters is 1. The summed E-state index contributed by atoms with van der Waals surface area (Å²) in [7, 11) is 1.30. The quantitative estimate of drug-likeness (QED) is 0.379. The second-order valence-electron chi connectivity index (χ2n) is 3.55. The molecule has 0 bridgehead atoms. The van der Waals surface area contributed by atoms with E-state index in [0.29, 0.717) is 19.8 Å². The summed E-state index contributed by atoms with van der Waals surface area (Å²) in [6, 6.07) is 0. The van der Waals surface area contributed by atoms with Gasteiger partial charge in [-0.3, -0.25) is 0 Å². The zero-order chi connectivity index (χ0) is 10.6. The molecule has 0 aromatic carbocycles. The van der Waals surface area contributed by atoms with Gasteiger partial charge in [0.1, 0.15) is 0 Å². The van der Waals surface area contributed by atoms with E-state index in [9.17, 15) is 4.79 Å². The van der Waals surface area contributed by atoms with Crippen LogP contribution in [0.25, 0.3) is 0 Å². The molecule has 1 heterocycles. The highest BCUT2D eigenvalue weighted by molar-refractivity contribution is 5.85. The molecule has 14 heavy (non-hydrogen) atoms. The Morgan fingerprint density at radius 1 is 1.57 bits per heavy atom. The van der Waals surface area contributed by atoms with Crippen LogP contribution in [0.15, 0.2) is 12.3 Å². The van der Waals surface area contributed by atoms with Crippen molar-refractivity contribution in [2.75, 3.05) is 26.9 Å². The summed E-state index contributed by atoms with van der Waals surface area (Å²) in [6.45, 7) is 7.41. The highest BCUT2D eigenvalue weighted by Gasteiger charge is 2.38. The fourth-order valence-electron chi connectivity index (χ4n) is 1.19. The van der Waals surface area contributed by atoms with Crippen LogP contribution in [0.5, 0.6) is 0 Å². The number of hydrogen-bond donors (Lipinski definition) is 0. The van der Waals surface area contributed by atoms with Gasteiger partial charge in [-0.15, -0.1) is 0 Å². The van der Waals surface area contributed by atoms with Gasteiger partial charge < -0.3 is 14.2 Å². The van der Waals surface area contributed by atoms with Crippen molar-refractivity contribution in [3.8, 4) is 0 Å². The van der Waals surface area contributed by atoms with Gasteiger partial charge in [0.05, 0.1) is 32.3 Å². The van der Waals surface area contributed by atoms with Crippen LogP contribution in [0.4, 0.5) is 0 Å². The lowest BCUT2D eigenvalue weighted by atomic mass is 9.84. The van der Waals surface area contributed by atoms with Crippen molar-refractivity contribution in [3.63, 3.8) is 0 Å². The molecule has 1 fully saturated rings. The summed E-state index contributed by atoms with van der Waals surface area (Å²) in [5.74, 6) is -0.455. The number of carbonyl (C=O) groups excluding carboxylic acids is 1. The Morgan fingerprint density at radius 2 is 2.21 bits per heavy atom. The Bertz CT molecular complexity index is 225. The van der Waals surface area contributed by atoms with E-state index < -0.39 is 5.97 Å². The van der Waals surface area contributed by atoms with Gasteiger partial charge in [-0.1, -0.05) is 6.92 Å². The minimum atomic E-state index is -0.517. The van der Waals surface area contributed by atoms with Gasteiger partial charge in [-0.05, 0) is 13.0 Å². The second-order valence-corrected chi connectivity index (χ2v) is 3.55. The van der Waals surface area contributed by atoms with Crippen molar-refractivity contribution in [3.05, 3.63) is 12.3 Å². The first kappa shape index (κ1) is 11.0. The molecule has 0 aromatic heterocycles. The van der Waals surface area contributed by atoms with E-state index in [-0.39, 0.29) is 11.2 Å². The fourth-order valence-corrected chi connectivity index (χ4v) is 1.19. The van der Waals surface area contributed by atoms with E-state index in [1.807, 2.05) is 0 Å². The molecule has 4 heteroatoms. The van der Waals surface area contributed by atoms with Crippen molar-refractivity contribution in [2.24, 2.45) is 5.41 Å². The van der Waals surface area contributed by atoms with Gasteiger partial charge in [-0.2, -0.15) is 0 Å². The molecule has 0 spiro atoms. The number of rotatable bonds is 5. The van der Waals surface area contributed by atoms with Gasteiger partial charge in [0, 0.05) is 0 Å². The molecule has 0 unspecified atom stereocenters. The molecular weight excluding hydrogens is 184 g/mol. The highest BCUT2D eigenvalue weighted by atomic mass is 16.6. The van der Waals surface area contributed by atoms with Crippen molar-refractivity contribution >= 4 is 5.97 Å². The second kappa shape index (κ2) is 4.46. The van der Waals surface area contributed by atoms with Gasteiger partial charge in [0.2, 0.25) is 0 Å². The smallest absolute Gasteiger partial charge is 0.372 e. The Labute approximate surface area is 83.8 Å². The Balaban J connectivity index is 2.32. The van der Waals surface area contributed by atoms with Gasteiger partial charge in [0.15, 0.2) is 5.76 Å². The molecule has 0 saturated carbocycles. The Morgan fingerprint density at radius 3 is 2.57 bits per heavy atom. The van der Waals surface area contributed by atoms with Crippen LogP contribution in [0.1, 0.15) is 13.3 Å². The lowest BCUT2D eigenvalue weighted by Crippen LogP contribution is -2.45. The van der Waals surface area contributed by atoms with Crippen molar-refractivity contribution in [2.45, 2.75) is 13.3 Å². The maximum Gasteiger partial charge on any atom is 0.372 e. The lowest BCUT2D eigenvalue weighted by Gasteiger charge is -2.40. The summed E-state index contributed by atoms with van der Waals surface area (Å²) in [5, 5.41) is 0. The molecule has 0 radical (unpaired) electrons. The summed E-state index contributed by atoms with van der Waals surface area (Å²) < 4.78 is 14.8. The normalized spacial score (nSPS) is 18.1. The minimum absolute atomic E-state index is 0.0622. The van der Waals surface area contributed by atoms with Crippen LogP contribution in [-0.4, -0.2) is 32.9 Å². The fraction of sp³-hybridized carbons (Fsp3) is 0.700. The summed E-state index contributed by atoms with van der Waals surface area (Å²) in [6.07, 6.45) is 0.974. The first-order valence-corrected chi connectivity index (χ1v) is 4.61. The molecule has 1 aliphatic rings. The van der Waals surface area contributed by atoms with Crippen LogP contribution in [0.2, 0.25) is 0 Å². The molecule has 1 rings (SSSR count). The molecule has 80 valence electrons. The average Bonchev–Trinajstić information content (AvgIpc) is 2.15. The van der Waals surface area contributed by atoms with E-state index in [4.69, 9.17) is 9.47 Å². The van der Waals surface area contributed by atoms with Gasteiger partial charge in [0.25, 0.3) is 0 Å². The molecular formula is C10H16O4. The molecule has 1 saturated heterocycles. The largest absolute Gasteiger partial charge is 0.486 e. The third-order valence-corrected chi connectivity index (χ3v) is 2.53. The predicted octanol–water partition coefficient (Wildman–Crippen LogP) is 1.12. The SMILES string of the molecule is C=C(OCC1(CC)COC1)C(=O)OC. The Hall–Kier alpha value is -1.03. The summed E-state index contributed by atoms with van der Waals surface area (Å²) in [5.41, 5.74) is 0.0664. The molecule has 0 aromatic rings. The first-order valence-electron chi connectivity index (χ1n) is 4.61. The Kier molecular flexibility index (Phi) is 3.52. The van der Waals surface area contributed by atoms with E-state index in [1.165, 1.54) is 7.11 Å². The topological polar surface area (TPSA) is 44.8 Å². The monoisotopic (exact) mass is 200 g/mol. The molecule has 0 atom stereocenters. The van der Waals surface area contributed by atoms with Crippen LogP contribution in [-0.2, 0) is 19.0 Å². The molecule has 1 aliphatic heterocycles. The first-order chi connectivity index (χ1) is 6.63. The predicted molar refractivity (Wildman–Crippen MR) is 50.7 cm³/mol. The standard InChI is InChI=1S/C10H16O4/c1-4-10(5-13-6-10)7-14-8(2)9(11)12-3/h2,4-7H2,1,3H3. The number of ether oxygens (including phenoxy) is 3. The van der Waals surface area contributed by atoms with E-state index in [1.54, 1.807) is 0 Å². The van der Waals surface area contributed by atoms with Crippen molar-refractivity contribution < 1.29 is 19.0 Å². The number of carbonyl (C=O) groups is 1. The van der Waals surface area contributed by atoms with E-state index in [0.717, 1.165) is 6.42 Å². The average molecular weight is 200 g/mol. The van der Waals surface area contributed by atoms with Gasteiger partial charge in [-0.25, -0.2) is 4.79 Å². The maximum atomic E-state index is 10.9. The highest BCUT2D eigenvalue weighted by Crippen LogP contribution is 2.31. The third-order valence-electron chi connectivity index (χ3n) is 2.53.